The maximum absolute atomic E-state index is 12.8. The van der Waals surface area contributed by atoms with Crippen molar-refractivity contribution in [3.8, 4) is 5.75 Å². The van der Waals surface area contributed by atoms with Crippen LogP contribution < -0.4 is 15.2 Å². The van der Waals surface area contributed by atoms with Crippen molar-refractivity contribution in [1.29, 1.82) is 0 Å². The number of benzene rings is 2. The summed E-state index contributed by atoms with van der Waals surface area (Å²) >= 11 is 0. The van der Waals surface area contributed by atoms with Crippen LogP contribution in [0.25, 0.3) is 0 Å². The molecule has 2 aromatic rings. The van der Waals surface area contributed by atoms with Crippen molar-refractivity contribution in [1.82, 2.24) is 0 Å². The standard InChI is InChI=1S/C14H13FN2O4S/c1-21-13-7-6-11(22(16,19)20)8-12(13)14(18)17-10-4-2-9(15)3-5-10/h2-8H,1H3,(H,17,18)(H2,16,19,20). The fraction of sp³-hybridized carbons (Fsp3) is 0.0714. The zero-order chi connectivity index (χ0) is 16.3. The highest BCUT2D eigenvalue weighted by atomic mass is 32.2. The normalized spacial score (nSPS) is 11.0. The van der Waals surface area contributed by atoms with Crippen LogP contribution in [0, 0.1) is 5.82 Å². The minimum atomic E-state index is -3.95. The molecule has 2 aromatic carbocycles. The monoisotopic (exact) mass is 324 g/mol. The molecule has 116 valence electrons. The molecule has 0 fully saturated rings. The Labute approximate surface area is 126 Å². The number of ether oxygens (including phenoxy) is 1. The summed E-state index contributed by atoms with van der Waals surface area (Å²) in [5, 5.41) is 7.56. The third-order valence-corrected chi connectivity index (χ3v) is 3.76. The highest BCUT2D eigenvalue weighted by Crippen LogP contribution is 2.23. The SMILES string of the molecule is COc1ccc(S(N)(=O)=O)cc1C(=O)Nc1ccc(F)cc1. The van der Waals surface area contributed by atoms with E-state index in [4.69, 9.17) is 9.88 Å². The Morgan fingerprint density at radius 3 is 2.36 bits per heavy atom. The molecule has 0 aliphatic carbocycles. The zero-order valence-electron chi connectivity index (χ0n) is 11.5. The van der Waals surface area contributed by atoms with E-state index in [-0.39, 0.29) is 16.2 Å². The summed E-state index contributed by atoms with van der Waals surface area (Å²) in [5.41, 5.74) is 0.354. The first-order valence-electron chi connectivity index (χ1n) is 6.09. The Morgan fingerprint density at radius 1 is 1.18 bits per heavy atom. The number of carbonyl (C=O) groups is 1. The number of carbonyl (C=O) groups excluding carboxylic acids is 1. The van der Waals surface area contributed by atoms with Crippen LogP contribution in [0.15, 0.2) is 47.4 Å². The lowest BCUT2D eigenvalue weighted by Crippen LogP contribution is -2.16. The second-order valence-electron chi connectivity index (χ2n) is 4.37. The Morgan fingerprint density at radius 2 is 1.82 bits per heavy atom. The van der Waals surface area contributed by atoms with Gasteiger partial charge in [0.25, 0.3) is 5.91 Å². The summed E-state index contributed by atoms with van der Waals surface area (Å²) < 4.78 is 40.6. The van der Waals surface area contributed by atoms with Crippen LogP contribution in [0.1, 0.15) is 10.4 Å². The van der Waals surface area contributed by atoms with Crippen molar-refractivity contribution in [2.75, 3.05) is 12.4 Å². The van der Waals surface area contributed by atoms with Gasteiger partial charge in [0.1, 0.15) is 11.6 Å². The molecule has 3 N–H and O–H groups in total. The summed E-state index contributed by atoms with van der Waals surface area (Å²) in [6.45, 7) is 0. The molecule has 0 spiro atoms. The molecule has 22 heavy (non-hydrogen) atoms. The molecule has 8 heteroatoms. The lowest BCUT2D eigenvalue weighted by molar-refractivity contribution is 0.102. The fourth-order valence-corrected chi connectivity index (χ4v) is 2.31. The number of nitrogens with one attached hydrogen (secondary N) is 1. The van der Waals surface area contributed by atoms with Gasteiger partial charge in [0.2, 0.25) is 10.0 Å². The van der Waals surface area contributed by atoms with Gasteiger partial charge in [-0.25, -0.2) is 17.9 Å². The Balaban J connectivity index is 2.37. The van der Waals surface area contributed by atoms with E-state index in [1.54, 1.807) is 0 Å². The van der Waals surface area contributed by atoms with Crippen LogP contribution in [0.5, 0.6) is 5.75 Å². The van der Waals surface area contributed by atoms with Gasteiger partial charge in [-0.2, -0.15) is 0 Å². The molecule has 0 aromatic heterocycles. The van der Waals surface area contributed by atoms with Gasteiger partial charge in [-0.05, 0) is 42.5 Å². The largest absolute Gasteiger partial charge is 0.496 e. The molecule has 0 unspecified atom stereocenters. The van der Waals surface area contributed by atoms with Crippen LogP contribution in [0.3, 0.4) is 0 Å². The molecule has 6 nitrogen and oxygen atoms in total. The van der Waals surface area contributed by atoms with E-state index in [0.717, 1.165) is 6.07 Å². The lowest BCUT2D eigenvalue weighted by atomic mass is 10.2. The summed E-state index contributed by atoms with van der Waals surface area (Å²) in [6, 6.07) is 8.82. The Kier molecular flexibility index (Phi) is 4.43. The third kappa shape index (κ3) is 3.60. The van der Waals surface area contributed by atoms with Gasteiger partial charge in [-0.15, -0.1) is 0 Å². The minimum Gasteiger partial charge on any atom is -0.496 e. The molecule has 0 saturated carbocycles. The number of amides is 1. The van der Waals surface area contributed by atoms with Crippen LogP contribution >= 0.6 is 0 Å². The van der Waals surface area contributed by atoms with Crippen LogP contribution in [-0.4, -0.2) is 21.4 Å². The summed E-state index contributed by atoms with van der Waals surface area (Å²) in [7, 11) is -2.60. The van der Waals surface area contributed by atoms with Crippen LogP contribution in [-0.2, 0) is 10.0 Å². The van der Waals surface area contributed by atoms with Crippen molar-refractivity contribution < 1.29 is 22.3 Å². The summed E-state index contributed by atoms with van der Waals surface area (Å²) in [5.74, 6) is -0.854. The van der Waals surface area contributed by atoms with E-state index in [1.807, 2.05) is 0 Å². The topological polar surface area (TPSA) is 98.5 Å². The van der Waals surface area contributed by atoms with E-state index >= 15 is 0 Å². The Hall–Kier alpha value is -2.45. The van der Waals surface area contributed by atoms with Crippen LogP contribution in [0.4, 0.5) is 10.1 Å². The maximum atomic E-state index is 12.8. The maximum Gasteiger partial charge on any atom is 0.259 e. The summed E-state index contributed by atoms with van der Waals surface area (Å²) in [4.78, 5) is 12.0. The van der Waals surface area contributed by atoms with Gasteiger partial charge in [-0.1, -0.05) is 0 Å². The number of nitrogens with two attached hydrogens (primary N) is 1. The molecular weight excluding hydrogens is 311 g/mol. The van der Waals surface area contributed by atoms with E-state index in [0.29, 0.717) is 5.69 Å². The van der Waals surface area contributed by atoms with Crippen molar-refractivity contribution >= 4 is 21.6 Å². The first-order chi connectivity index (χ1) is 10.3. The molecular formula is C14H13FN2O4S. The number of rotatable bonds is 4. The predicted octanol–water partition coefficient (Wildman–Crippen LogP) is 1.73. The zero-order valence-corrected chi connectivity index (χ0v) is 12.4. The first-order valence-corrected chi connectivity index (χ1v) is 7.63. The number of anilines is 1. The highest BCUT2D eigenvalue weighted by molar-refractivity contribution is 7.89. The molecule has 0 radical (unpaired) electrons. The quantitative estimate of drug-likeness (QED) is 0.895. The third-order valence-electron chi connectivity index (χ3n) is 2.85. The number of sulfonamides is 1. The first kappa shape index (κ1) is 15.9. The van der Waals surface area contributed by atoms with Crippen LogP contribution in [0.2, 0.25) is 0 Å². The van der Waals surface area contributed by atoms with Crippen molar-refractivity contribution in [3.05, 3.63) is 53.8 Å². The van der Waals surface area contributed by atoms with Gasteiger partial charge < -0.3 is 10.1 Å². The van der Waals surface area contributed by atoms with E-state index in [2.05, 4.69) is 5.32 Å². The van der Waals surface area contributed by atoms with E-state index in [9.17, 15) is 17.6 Å². The molecule has 0 bridgehead atoms. The Bertz CT molecular complexity index is 804. The second-order valence-corrected chi connectivity index (χ2v) is 5.93. The van der Waals surface area contributed by atoms with Gasteiger partial charge in [0, 0.05) is 5.69 Å². The molecule has 0 aliphatic rings. The summed E-state index contributed by atoms with van der Waals surface area (Å²) in [6.07, 6.45) is 0. The van der Waals surface area contributed by atoms with E-state index < -0.39 is 21.7 Å². The number of halogens is 1. The van der Waals surface area contributed by atoms with Crippen molar-refractivity contribution in [2.45, 2.75) is 4.90 Å². The molecule has 0 atom stereocenters. The average Bonchev–Trinajstić information content (AvgIpc) is 2.48. The number of primary sulfonamides is 1. The minimum absolute atomic E-state index is 0.00153. The average molecular weight is 324 g/mol. The van der Waals surface area contributed by atoms with Crippen molar-refractivity contribution in [2.24, 2.45) is 5.14 Å². The number of methoxy groups -OCH3 is 1. The molecule has 0 saturated heterocycles. The lowest BCUT2D eigenvalue weighted by Gasteiger charge is -2.10. The smallest absolute Gasteiger partial charge is 0.259 e. The van der Waals surface area contributed by atoms with Gasteiger partial charge in [0.15, 0.2) is 0 Å². The van der Waals surface area contributed by atoms with Crippen molar-refractivity contribution in [3.63, 3.8) is 0 Å². The molecule has 2 rings (SSSR count). The van der Waals surface area contributed by atoms with Gasteiger partial charge in [-0.3, -0.25) is 4.79 Å². The van der Waals surface area contributed by atoms with Gasteiger partial charge in [0.05, 0.1) is 17.6 Å². The molecule has 0 heterocycles. The highest BCUT2D eigenvalue weighted by Gasteiger charge is 2.17. The predicted molar refractivity (Wildman–Crippen MR) is 78.7 cm³/mol. The second kappa shape index (κ2) is 6.12. The van der Waals surface area contributed by atoms with Gasteiger partial charge >= 0.3 is 0 Å². The molecule has 0 aliphatic heterocycles. The molecule has 1 amide bonds. The van der Waals surface area contributed by atoms with E-state index in [1.165, 1.54) is 43.5 Å². The number of hydrogen-bond donors (Lipinski definition) is 2. The number of hydrogen-bond acceptors (Lipinski definition) is 4. The fourth-order valence-electron chi connectivity index (χ4n) is 1.77.